The first-order chi connectivity index (χ1) is 15.9. The second kappa shape index (κ2) is 10.0. The van der Waals surface area contributed by atoms with E-state index in [4.69, 9.17) is 9.15 Å². The molecule has 0 N–H and O–H groups in total. The van der Waals surface area contributed by atoms with Crippen LogP contribution in [0.4, 0.5) is 11.4 Å². The highest BCUT2D eigenvalue weighted by Crippen LogP contribution is 2.29. The zero-order valence-electron chi connectivity index (χ0n) is 19.1. The van der Waals surface area contributed by atoms with Crippen molar-refractivity contribution < 1.29 is 14.1 Å². The van der Waals surface area contributed by atoms with Gasteiger partial charge < -0.3 is 14.1 Å². The predicted octanol–water partition coefficient (Wildman–Crippen LogP) is 4.30. The van der Waals surface area contributed by atoms with Crippen molar-refractivity contribution in [3.8, 4) is 5.75 Å². The van der Waals surface area contributed by atoms with Crippen LogP contribution in [0.3, 0.4) is 0 Å². The van der Waals surface area contributed by atoms with Gasteiger partial charge in [-0.2, -0.15) is 0 Å². The van der Waals surface area contributed by atoms with Crippen molar-refractivity contribution in [1.29, 1.82) is 0 Å². The van der Waals surface area contributed by atoms with Crippen LogP contribution in [0, 0.1) is 24.0 Å². The molecule has 8 nitrogen and oxygen atoms in total. The standard InChI is InChI=1S/C25H29N3O5/c1-18-15-22(25-19(2)17-24(29)33-23(25)16-18)32-14-4-3-9-26-10-12-27(13-11-26)20-5-7-21(8-6-20)28(30)31/h5-8,15-17H,3-4,9-14H2,1-2H3. The molecule has 0 spiro atoms. The van der Waals surface area contributed by atoms with Gasteiger partial charge in [0.05, 0.1) is 16.9 Å². The number of rotatable bonds is 8. The monoisotopic (exact) mass is 451 g/mol. The molecular weight excluding hydrogens is 422 g/mol. The Labute approximate surface area is 192 Å². The summed E-state index contributed by atoms with van der Waals surface area (Å²) in [5.41, 5.74) is 3.24. The third kappa shape index (κ3) is 5.51. The molecule has 1 fully saturated rings. The number of nitrogens with zero attached hydrogens (tertiary/aromatic N) is 3. The van der Waals surface area contributed by atoms with E-state index in [1.807, 2.05) is 38.1 Å². The molecule has 0 unspecified atom stereocenters. The van der Waals surface area contributed by atoms with Crippen LogP contribution in [0.15, 0.2) is 51.7 Å². The van der Waals surface area contributed by atoms with Crippen molar-refractivity contribution in [2.45, 2.75) is 26.7 Å². The summed E-state index contributed by atoms with van der Waals surface area (Å²) in [7, 11) is 0. The highest BCUT2D eigenvalue weighted by Gasteiger charge is 2.17. The van der Waals surface area contributed by atoms with E-state index < -0.39 is 0 Å². The van der Waals surface area contributed by atoms with Gasteiger partial charge in [0.2, 0.25) is 0 Å². The fraction of sp³-hybridized carbons (Fsp3) is 0.400. The number of nitro benzene ring substituents is 1. The Kier molecular flexibility index (Phi) is 6.93. The van der Waals surface area contributed by atoms with Crippen LogP contribution >= 0.6 is 0 Å². The fourth-order valence-electron chi connectivity index (χ4n) is 4.33. The highest BCUT2D eigenvalue weighted by molar-refractivity contribution is 5.87. The van der Waals surface area contributed by atoms with Gasteiger partial charge in [0.15, 0.2) is 0 Å². The first-order valence-electron chi connectivity index (χ1n) is 11.3. The molecular formula is C25H29N3O5. The Balaban J connectivity index is 1.22. The summed E-state index contributed by atoms with van der Waals surface area (Å²) in [6.07, 6.45) is 1.98. The van der Waals surface area contributed by atoms with Crippen LogP contribution < -0.4 is 15.3 Å². The fourth-order valence-corrected chi connectivity index (χ4v) is 4.33. The first-order valence-corrected chi connectivity index (χ1v) is 11.3. The highest BCUT2D eigenvalue weighted by atomic mass is 16.6. The summed E-state index contributed by atoms with van der Waals surface area (Å²) < 4.78 is 11.4. The quantitative estimate of drug-likeness (QED) is 0.218. The number of aryl methyl sites for hydroxylation is 2. The van der Waals surface area contributed by atoms with Crippen LogP contribution in [0.1, 0.15) is 24.0 Å². The van der Waals surface area contributed by atoms with Crippen LogP contribution in [0.25, 0.3) is 11.0 Å². The lowest BCUT2D eigenvalue weighted by Gasteiger charge is -2.36. The number of anilines is 1. The Hall–Kier alpha value is -3.39. The normalized spacial score (nSPS) is 14.5. The third-order valence-electron chi connectivity index (χ3n) is 6.07. The predicted molar refractivity (Wildman–Crippen MR) is 128 cm³/mol. The SMILES string of the molecule is Cc1cc(OCCCCN2CCN(c3ccc([N+](=O)[O-])cc3)CC2)c2c(C)cc(=O)oc2c1. The molecule has 1 aliphatic rings. The average molecular weight is 452 g/mol. The molecule has 2 heterocycles. The summed E-state index contributed by atoms with van der Waals surface area (Å²) in [5.74, 6) is 0.767. The molecule has 8 heteroatoms. The van der Waals surface area contributed by atoms with Crippen LogP contribution in [-0.4, -0.2) is 49.2 Å². The molecule has 0 radical (unpaired) electrons. The summed E-state index contributed by atoms with van der Waals surface area (Å²) in [5, 5.41) is 11.7. The number of hydrogen-bond acceptors (Lipinski definition) is 7. The number of benzene rings is 2. The lowest BCUT2D eigenvalue weighted by Crippen LogP contribution is -2.46. The first kappa shape index (κ1) is 22.8. The van der Waals surface area contributed by atoms with Crippen LogP contribution in [0.5, 0.6) is 5.75 Å². The maximum absolute atomic E-state index is 11.7. The van der Waals surface area contributed by atoms with E-state index in [-0.39, 0.29) is 16.2 Å². The molecule has 0 amide bonds. The average Bonchev–Trinajstić information content (AvgIpc) is 2.78. The Bertz CT molecular complexity index is 1180. The zero-order chi connectivity index (χ0) is 23.4. The van der Waals surface area contributed by atoms with Gasteiger partial charge >= 0.3 is 5.63 Å². The van der Waals surface area contributed by atoms with Crippen molar-refractivity contribution in [2.24, 2.45) is 0 Å². The van der Waals surface area contributed by atoms with Crippen molar-refractivity contribution in [3.05, 3.63) is 74.1 Å². The van der Waals surface area contributed by atoms with Gasteiger partial charge in [-0.15, -0.1) is 0 Å². The van der Waals surface area contributed by atoms with Crippen molar-refractivity contribution in [3.63, 3.8) is 0 Å². The molecule has 0 aliphatic carbocycles. The van der Waals surface area contributed by atoms with E-state index >= 15 is 0 Å². The molecule has 3 aromatic rings. The summed E-state index contributed by atoms with van der Waals surface area (Å²) >= 11 is 0. The minimum atomic E-state index is -0.369. The number of non-ortho nitro benzene ring substituents is 1. The smallest absolute Gasteiger partial charge is 0.336 e. The molecule has 33 heavy (non-hydrogen) atoms. The molecule has 1 aliphatic heterocycles. The van der Waals surface area contributed by atoms with Gasteiger partial charge in [0, 0.05) is 50.1 Å². The maximum atomic E-state index is 11.7. The topological polar surface area (TPSA) is 89.1 Å². The Morgan fingerprint density at radius 3 is 2.45 bits per heavy atom. The molecule has 4 rings (SSSR count). The van der Waals surface area contributed by atoms with Gasteiger partial charge in [-0.25, -0.2) is 4.79 Å². The number of unbranched alkanes of at least 4 members (excludes halogenated alkanes) is 1. The van der Waals surface area contributed by atoms with Gasteiger partial charge in [-0.05, 0) is 68.6 Å². The largest absolute Gasteiger partial charge is 0.493 e. The lowest BCUT2D eigenvalue weighted by molar-refractivity contribution is -0.384. The maximum Gasteiger partial charge on any atom is 0.336 e. The van der Waals surface area contributed by atoms with Crippen molar-refractivity contribution in [1.82, 2.24) is 4.90 Å². The summed E-state index contributed by atoms with van der Waals surface area (Å²) in [6.45, 7) is 9.25. The molecule has 0 saturated carbocycles. The Morgan fingerprint density at radius 1 is 1.03 bits per heavy atom. The molecule has 1 saturated heterocycles. The van der Waals surface area contributed by atoms with E-state index in [1.54, 1.807) is 12.1 Å². The van der Waals surface area contributed by atoms with E-state index in [9.17, 15) is 14.9 Å². The van der Waals surface area contributed by atoms with E-state index in [1.165, 1.54) is 6.07 Å². The number of hydrogen-bond donors (Lipinski definition) is 0. The number of ether oxygens (including phenoxy) is 1. The minimum absolute atomic E-state index is 0.123. The minimum Gasteiger partial charge on any atom is -0.493 e. The van der Waals surface area contributed by atoms with Gasteiger partial charge in [-0.1, -0.05) is 0 Å². The second-order valence-corrected chi connectivity index (χ2v) is 8.54. The van der Waals surface area contributed by atoms with Crippen molar-refractivity contribution in [2.75, 3.05) is 44.2 Å². The molecule has 1 aromatic heterocycles. The lowest BCUT2D eigenvalue weighted by atomic mass is 10.1. The number of nitro groups is 1. The summed E-state index contributed by atoms with van der Waals surface area (Å²) in [4.78, 5) is 26.8. The van der Waals surface area contributed by atoms with Gasteiger partial charge in [0.1, 0.15) is 11.3 Å². The van der Waals surface area contributed by atoms with E-state index in [0.29, 0.717) is 12.2 Å². The van der Waals surface area contributed by atoms with Gasteiger partial charge in [-0.3, -0.25) is 15.0 Å². The van der Waals surface area contributed by atoms with Crippen molar-refractivity contribution >= 4 is 22.3 Å². The van der Waals surface area contributed by atoms with Gasteiger partial charge in [0.25, 0.3) is 5.69 Å². The molecule has 0 atom stereocenters. The molecule has 2 aromatic carbocycles. The zero-order valence-corrected chi connectivity index (χ0v) is 19.1. The number of piperazine rings is 1. The second-order valence-electron chi connectivity index (χ2n) is 8.54. The Morgan fingerprint density at radius 2 is 1.76 bits per heavy atom. The molecule has 174 valence electrons. The third-order valence-corrected chi connectivity index (χ3v) is 6.07. The summed E-state index contributed by atoms with van der Waals surface area (Å²) in [6, 6.07) is 12.1. The number of fused-ring (bicyclic) bond motifs is 1. The van der Waals surface area contributed by atoms with Crippen LogP contribution in [0.2, 0.25) is 0 Å². The van der Waals surface area contributed by atoms with E-state index in [2.05, 4.69) is 9.80 Å². The molecule has 0 bridgehead atoms. The van der Waals surface area contributed by atoms with Crippen LogP contribution in [-0.2, 0) is 0 Å². The van der Waals surface area contributed by atoms with E-state index in [0.717, 1.165) is 73.5 Å².